The van der Waals surface area contributed by atoms with Crippen molar-refractivity contribution in [2.24, 2.45) is 0 Å². The van der Waals surface area contributed by atoms with Gasteiger partial charge in [-0.3, -0.25) is 14.5 Å². The van der Waals surface area contributed by atoms with Crippen LogP contribution in [0.25, 0.3) is 0 Å². The highest BCUT2D eigenvalue weighted by molar-refractivity contribution is 5.92. The number of nitrogens with zero attached hydrogens (tertiary/aromatic N) is 3. The van der Waals surface area contributed by atoms with Gasteiger partial charge in [-0.25, -0.2) is 4.68 Å². The summed E-state index contributed by atoms with van der Waals surface area (Å²) < 4.78 is 6.74. The Hall–Kier alpha value is -1.89. The van der Waals surface area contributed by atoms with Crippen LogP contribution in [0.5, 0.6) is 0 Å². The van der Waals surface area contributed by atoms with Crippen LogP contribution >= 0.6 is 0 Å². The van der Waals surface area contributed by atoms with E-state index in [9.17, 15) is 9.59 Å². The lowest BCUT2D eigenvalue weighted by atomic mass is 10.2. The van der Waals surface area contributed by atoms with Crippen molar-refractivity contribution < 1.29 is 14.3 Å². The maximum Gasteiger partial charge on any atom is 0.323 e. The van der Waals surface area contributed by atoms with Gasteiger partial charge in [0, 0.05) is 6.07 Å². The van der Waals surface area contributed by atoms with Crippen molar-refractivity contribution in [3.8, 4) is 0 Å². The Balaban J connectivity index is 1.59. The molecule has 23 heavy (non-hydrogen) atoms. The summed E-state index contributed by atoms with van der Waals surface area (Å²) in [5.74, 6) is 0.377. The second-order valence-corrected chi connectivity index (χ2v) is 6.30. The highest BCUT2D eigenvalue weighted by Crippen LogP contribution is 2.31. The molecular formula is C16H24N4O3. The molecule has 0 bridgehead atoms. The number of methoxy groups -OCH3 is 1. The number of ether oxygens (including phenoxy) is 1. The fraction of sp³-hybridized carbons (Fsp3) is 0.688. The average molecular weight is 320 g/mol. The lowest BCUT2D eigenvalue weighted by Crippen LogP contribution is -2.41. The van der Waals surface area contributed by atoms with E-state index in [1.165, 1.54) is 20.0 Å². The molecule has 1 N–H and O–H groups in total. The van der Waals surface area contributed by atoms with E-state index in [0.717, 1.165) is 38.0 Å². The van der Waals surface area contributed by atoms with E-state index in [2.05, 4.69) is 10.4 Å². The van der Waals surface area contributed by atoms with E-state index in [0.29, 0.717) is 6.04 Å². The second-order valence-electron chi connectivity index (χ2n) is 6.30. The molecule has 0 spiro atoms. The number of hydrogen-bond donors (Lipinski definition) is 1. The van der Waals surface area contributed by atoms with E-state index in [1.807, 2.05) is 15.6 Å². The zero-order valence-electron chi connectivity index (χ0n) is 13.5. The van der Waals surface area contributed by atoms with Crippen LogP contribution in [0.2, 0.25) is 0 Å². The van der Waals surface area contributed by atoms with E-state index in [-0.39, 0.29) is 24.5 Å². The van der Waals surface area contributed by atoms with Crippen molar-refractivity contribution in [1.29, 1.82) is 0 Å². The first kappa shape index (κ1) is 16.0. The largest absolute Gasteiger partial charge is 0.468 e. The number of amides is 1. The first-order valence-electron chi connectivity index (χ1n) is 8.34. The Bertz CT molecular complexity index is 565. The summed E-state index contributed by atoms with van der Waals surface area (Å²) in [5.41, 5.74) is 0. The molecule has 1 saturated heterocycles. The van der Waals surface area contributed by atoms with Gasteiger partial charge in [0.1, 0.15) is 11.9 Å². The molecule has 2 fully saturated rings. The molecule has 1 aliphatic carbocycles. The maximum absolute atomic E-state index is 12.3. The molecule has 1 amide bonds. The Morgan fingerprint density at radius 2 is 2.09 bits per heavy atom. The van der Waals surface area contributed by atoms with Crippen LogP contribution in [-0.4, -0.2) is 52.8 Å². The monoisotopic (exact) mass is 320 g/mol. The Kier molecular flexibility index (Phi) is 4.95. The van der Waals surface area contributed by atoms with Crippen LogP contribution in [0.3, 0.4) is 0 Å². The van der Waals surface area contributed by atoms with Crippen molar-refractivity contribution in [1.82, 2.24) is 14.7 Å². The molecule has 1 aromatic heterocycles. The van der Waals surface area contributed by atoms with Gasteiger partial charge in [-0.1, -0.05) is 12.8 Å². The highest BCUT2D eigenvalue weighted by Gasteiger charge is 2.32. The number of carbonyl (C=O) groups excluding carboxylic acids is 2. The molecule has 1 atom stereocenters. The normalized spacial score (nSPS) is 22.4. The molecule has 0 radical (unpaired) electrons. The van der Waals surface area contributed by atoms with Gasteiger partial charge in [0.2, 0.25) is 5.91 Å². The molecular weight excluding hydrogens is 296 g/mol. The minimum atomic E-state index is -0.300. The summed E-state index contributed by atoms with van der Waals surface area (Å²) in [5, 5.41) is 7.29. The number of rotatable bonds is 5. The van der Waals surface area contributed by atoms with Crippen molar-refractivity contribution in [2.45, 2.75) is 50.6 Å². The summed E-state index contributed by atoms with van der Waals surface area (Å²) in [6.07, 6.45) is 8.04. The van der Waals surface area contributed by atoms with Crippen LogP contribution in [-0.2, 0) is 14.3 Å². The third-order valence-electron chi connectivity index (χ3n) is 4.79. The Morgan fingerprint density at radius 3 is 2.83 bits per heavy atom. The molecule has 2 aliphatic rings. The quantitative estimate of drug-likeness (QED) is 0.834. The lowest BCUT2D eigenvalue weighted by Gasteiger charge is -2.22. The summed E-state index contributed by atoms with van der Waals surface area (Å²) in [6.45, 7) is 0.949. The van der Waals surface area contributed by atoms with Crippen LogP contribution in [0.1, 0.15) is 44.6 Å². The first-order chi connectivity index (χ1) is 11.2. The zero-order chi connectivity index (χ0) is 16.2. The highest BCUT2D eigenvalue weighted by atomic mass is 16.5. The number of aromatic nitrogens is 2. The minimum Gasteiger partial charge on any atom is -0.468 e. The van der Waals surface area contributed by atoms with E-state index in [1.54, 1.807) is 6.20 Å². The number of carbonyl (C=O) groups is 2. The zero-order valence-corrected chi connectivity index (χ0v) is 13.5. The topological polar surface area (TPSA) is 76.5 Å². The molecule has 1 aliphatic heterocycles. The SMILES string of the molecule is COC(=O)C1CCCN1CC(=O)Nc1ccnn1C1CCCC1. The lowest BCUT2D eigenvalue weighted by molar-refractivity contribution is -0.146. The summed E-state index contributed by atoms with van der Waals surface area (Å²) in [6, 6.07) is 1.92. The molecule has 7 heteroatoms. The molecule has 1 unspecified atom stereocenters. The number of likely N-dealkylation sites (tertiary alicyclic amines) is 1. The van der Waals surface area contributed by atoms with Gasteiger partial charge in [0.05, 0.1) is 25.9 Å². The predicted molar refractivity (Wildman–Crippen MR) is 85.0 cm³/mol. The van der Waals surface area contributed by atoms with Crippen LogP contribution < -0.4 is 5.32 Å². The molecule has 2 heterocycles. The second kappa shape index (κ2) is 7.12. The third kappa shape index (κ3) is 3.55. The standard InChI is InChI=1S/C16H24N4O3/c1-23-16(22)13-7-4-10-19(13)11-15(21)18-14-8-9-17-20(14)12-5-2-3-6-12/h8-9,12-13H,2-7,10-11H2,1H3,(H,18,21). The van der Waals surface area contributed by atoms with Crippen LogP contribution in [0.15, 0.2) is 12.3 Å². The molecule has 3 rings (SSSR count). The fourth-order valence-electron chi connectivity index (χ4n) is 3.64. The summed E-state index contributed by atoms with van der Waals surface area (Å²) in [7, 11) is 1.39. The van der Waals surface area contributed by atoms with Crippen LogP contribution in [0, 0.1) is 0 Å². The summed E-state index contributed by atoms with van der Waals surface area (Å²) >= 11 is 0. The molecule has 1 saturated carbocycles. The van der Waals surface area contributed by atoms with Gasteiger partial charge >= 0.3 is 5.97 Å². The number of nitrogens with one attached hydrogen (secondary N) is 1. The maximum atomic E-state index is 12.3. The number of hydrogen-bond acceptors (Lipinski definition) is 5. The smallest absolute Gasteiger partial charge is 0.323 e. The van der Waals surface area contributed by atoms with Crippen molar-refractivity contribution in [2.75, 3.05) is 25.5 Å². The molecule has 0 aromatic carbocycles. The average Bonchev–Trinajstić information content (AvgIpc) is 3.27. The van der Waals surface area contributed by atoms with Crippen molar-refractivity contribution in [3.05, 3.63) is 12.3 Å². The Labute approximate surface area is 136 Å². The minimum absolute atomic E-state index is 0.111. The van der Waals surface area contributed by atoms with E-state index >= 15 is 0 Å². The van der Waals surface area contributed by atoms with Gasteiger partial charge in [-0.2, -0.15) is 5.10 Å². The molecule has 126 valence electrons. The van der Waals surface area contributed by atoms with Crippen molar-refractivity contribution in [3.63, 3.8) is 0 Å². The predicted octanol–water partition coefficient (Wildman–Crippen LogP) is 1.57. The van der Waals surface area contributed by atoms with Gasteiger partial charge in [-0.05, 0) is 32.2 Å². The van der Waals surface area contributed by atoms with E-state index in [4.69, 9.17) is 4.74 Å². The van der Waals surface area contributed by atoms with Gasteiger partial charge < -0.3 is 10.1 Å². The van der Waals surface area contributed by atoms with Crippen molar-refractivity contribution >= 4 is 17.7 Å². The van der Waals surface area contributed by atoms with Gasteiger partial charge in [-0.15, -0.1) is 0 Å². The van der Waals surface area contributed by atoms with E-state index < -0.39 is 0 Å². The fourth-order valence-corrected chi connectivity index (χ4v) is 3.64. The van der Waals surface area contributed by atoms with Gasteiger partial charge in [0.15, 0.2) is 0 Å². The Morgan fingerprint density at radius 1 is 1.30 bits per heavy atom. The van der Waals surface area contributed by atoms with Gasteiger partial charge in [0.25, 0.3) is 0 Å². The third-order valence-corrected chi connectivity index (χ3v) is 4.79. The number of anilines is 1. The molecule has 1 aromatic rings. The number of esters is 1. The first-order valence-corrected chi connectivity index (χ1v) is 8.34. The molecule has 7 nitrogen and oxygen atoms in total. The van der Waals surface area contributed by atoms with Crippen LogP contribution in [0.4, 0.5) is 5.82 Å². The summed E-state index contributed by atoms with van der Waals surface area (Å²) in [4.78, 5) is 26.0.